The Morgan fingerprint density at radius 1 is 1.05 bits per heavy atom. The lowest BCUT2D eigenvalue weighted by atomic mass is 10.1. The van der Waals surface area contributed by atoms with Crippen LogP contribution in [0.4, 0.5) is 0 Å². The molecule has 1 heterocycles. The fourth-order valence-corrected chi connectivity index (χ4v) is 3.15. The molecule has 0 fully saturated rings. The standard InChI is InChI=1S/C16H27N2.2HI/c1-4-16(5-2)17-10-11-18(3)12-14-8-6-7-9-15(14)13-18;;/h6-9,16-17H,4-5,10-13H2,1-3H3;2*1H/q+1;;/p-1. The Kier molecular flexibility index (Phi) is 9.87. The van der Waals surface area contributed by atoms with Gasteiger partial charge in [0.25, 0.3) is 0 Å². The molecule has 0 atom stereocenters. The number of quaternary nitrogens is 2. The Hall–Kier alpha value is 0.600. The summed E-state index contributed by atoms with van der Waals surface area (Å²) in [7, 11) is 2.40. The molecule has 2 rings (SSSR count). The third-order valence-corrected chi connectivity index (χ3v) is 4.44. The predicted molar refractivity (Wildman–Crippen MR) is 76.1 cm³/mol. The molecule has 0 aromatic heterocycles. The van der Waals surface area contributed by atoms with Crippen LogP contribution in [0.5, 0.6) is 0 Å². The molecule has 0 saturated heterocycles. The van der Waals surface area contributed by atoms with E-state index in [4.69, 9.17) is 0 Å². The van der Waals surface area contributed by atoms with Crippen molar-refractivity contribution in [2.45, 2.75) is 45.8 Å². The zero-order valence-corrected chi connectivity index (χ0v) is 17.2. The number of nitrogens with two attached hydrogens (primary N) is 1. The first-order chi connectivity index (χ1) is 8.67. The van der Waals surface area contributed by atoms with Crippen LogP contribution >= 0.6 is 0 Å². The van der Waals surface area contributed by atoms with E-state index in [0.717, 1.165) is 6.04 Å². The van der Waals surface area contributed by atoms with Crippen LogP contribution < -0.4 is 53.3 Å². The van der Waals surface area contributed by atoms with Gasteiger partial charge in [-0.15, -0.1) is 0 Å². The molecule has 1 aromatic carbocycles. The second-order valence-electron chi connectivity index (χ2n) is 6.03. The van der Waals surface area contributed by atoms with Gasteiger partial charge < -0.3 is 57.8 Å². The maximum Gasteiger partial charge on any atom is 0.129 e. The molecule has 116 valence electrons. The minimum Gasteiger partial charge on any atom is -1.00 e. The summed E-state index contributed by atoms with van der Waals surface area (Å²) in [6.45, 7) is 9.57. The number of rotatable bonds is 6. The summed E-state index contributed by atoms with van der Waals surface area (Å²) in [6, 6.07) is 9.75. The van der Waals surface area contributed by atoms with E-state index in [2.05, 4.69) is 50.5 Å². The van der Waals surface area contributed by atoms with Crippen molar-refractivity contribution < 1.29 is 57.8 Å². The van der Waals surface area contributed by atoms with Gasteiger partial charge in [-0.25, -0.2) is 0 Å². The first kappa shape index (κ1) is 20.6. The van der Waals surface area contributed by atoms with Crippen LogP contribution in [0.25, 0.3) is 0 Å². The van der Waals surface area contributed by atoms with E-state index in [1.54, 1.807) is 11.1 Å². The molecule has 0 radical (unpaired) electrons. The molecule has 1 aliphatic rings. The van der Waals surface area contributed by atoms with E-state index in [1.165, 1.54) is 43.5 Å². The highest BCUT2D eigenvalue weighted by Gasteiger charge is 2.31. The molecular weight excluding hydrogens is 474 g/mol. The number of likely N-dealkylation sites (N-methyl/N-ethyl adjacent to an activating group) is 1. The van der Waals surface area contributed by atoms with Crippen molar-refractivity contribution in [2.24, 2.45) is 0 Å². The molecule has 20 heavy (non-hydrogen) atoms. The summed E-state index contributed by atoms with van der Waals surface area (Å²) < 4.78 is 1.19. The van der Waals surface area contributed by atoms with Gasteiger partial charge in [-0.1, -0.05) is 38.1 Å². The summed E-state index contributed by atoms with van der Waals surface area (Å²) in [6.07, 6.45) is 2.58. The second kappa shape index (κ2) is 9.58. The molecule has 0 aliphatic carbocycles. The Labute approximate surface area is 158 Å². The normalized spacial score (nSPS) is 15.4. The van der Waals surface area contributed by atoms with Gasteiger partial charge in [-0.2, -0.15) is 0 Å². The molecule has 0 unspecified atom stereocenters. The third-order valence-electron chi connectivity index (χ3n) is 4.44. The second-order valence-corrected chi connectivity index (χ2v) is 6.03. The van der Waals surface area contributed by atoms with Gasteiger partial charge in [0, 0.05) is 11.1 Å². The van der Waals surface area contributed by atoms with Crippen molar-refractivity contribution in [3.63, 3.8) is 0 Å². The molecule has 1 aromatic rings. The predicted octanol–water partition coefficient (Wildman–Crippen LogP) is -4.09. The van der Waals surface area contributed by atoms with Crippen LogP contribution in [0.15, 0.2) is 24.3 Å². The highest BCUT2D eigenvalue weighted by molar-refractivity contribution is 5.27. The van der Waals surface area contributed by atoms with Crippen LogP contribution in [0.3, 0.4) is 0 Å². The van der Waals surface area contributed by atoms with Crippen LogP contribution in [-0.2, 0) is 13.1 Å². The van der Waals surface area contributed by atoms with Crippen LogP contribution in [0, 0.1) is 0 Å². The van der Waals surface area contributed by atoms with Crippen molar-refractivity contribution in [3.05, 3.63) is 35.4 Å². The van der Waals surface area contributed by atoms with Gasteiger partial charge in [-0.05, 0) is 12.8 Å². The van der Waals surface area contributed by atoms with Crippen molar-refractivity contribution in [3.8, 4) is 0 Å². The minimum absolute atomic E-state index is 0. The molecule has 0 saturated carbocycles. The lowest BCUT2D eigenvalue weighted by molar-refractivity contribution is -0.940. The summed E-state index contributed by atoms with van der Waals surface area (Å²) in [4.78, 5) is 0. The fourth-order valence-electron chi connectivity index (χ4n) is 3.15. The van der Waals surface area contributed by atoms with Crippen LogP contribution in [-0.4, -0.2) is 30.7 Å². The minimum atomic E-state index is 0. The summed E-state index contributed by atoms with van der Waals surface area (Å²) in [5, 5.41) is 2.55. The van der Waals surface area contributed by atoms with Crippen LogP contribution in [0.1, 0.15) is 37.8 Å². The van der Waals surface area contributed by atoms with Crippen LogP contribution in [0.2, 0.25) is 0 Å². The smallest absolute Gasteiger partial charge is 0.129 e. The summed E-state index contributed by atoms with van der Waals surface area (Å²) in [5.74, 6) is 0. The van der Waals surface area contributed by atoms with E-state index >= 15 is 0 Å². The molecule has 0 bridgehead atoms. The first-order valence-corrected chi connectivity index (χ1v) is 7.40. The summed E-state index contributed by atoms with van der Waals surface area (Å²) >= 11 is 0. The first-order valence-electron chi connectivity index (χ1n) is 7.40. The molecular formula is C16H28I2N2. The lowest BCUT2D eigenvalue weighted by Gasteiger charge is -2.29. The average molecular weight is 502 g/mol. The number of benzene rings is 1. The van der Waals surface area contributed by atoms with Crippen molar-refractivity contribution in [1.82, 2.24) is 0 Å². The largest absolute Gasteiger partial charge is 1.00 e. The molecule has 4 heteroatoms. The fraction of sp³-hybridized carbons (Fsp3) is 0.625. The Balaban J connectivity index is 0.00000180. The Bertz CT molecular complexity index is 367. The van der Waals surface area contributed by atoms with E-state index in [9.17, 15) is 0 Å². The van der Waals surface area contributed by atoms with Gasteiger partial charge in [-0.3, -0.25) is 0 Å². The number of hydrogen-bond donors (Lipinski definition) is 1. The lowest BCUT2D eigenvalue weighted by Crippen LogP contribution is -3.00. The molecule has 0 spiro atoms. The average Bonchev–Trinajstić information content (AvgIpc) is 2.71. The van der Waals surface area contributed by atoms with E-state index in [-0.39, 0.29) is 48.0 Å². The van der Waals surface area contributed by atoms with Crippen molar-refractivity contribution in [2.75, 3.05) is 20.1 Å². The van der Waals surface area contributed by atoms with Crippen molar-refractivity contribution >= 4 is 0 Å². The van der Waals surface area contributed by atoms with Crippen molar-refractivity contribution in [1.29, 1.82) is 0 Å². The zero-order chi connectivity index (χ0) is 13.0. The van der Waals surface area contributed by atoms with E-state index in [0.29, 0.717) is 0 Å². The monoisotopic (exact) mass is 502 g/mol. The molecule has 0 amide bonds. The van der Waals surface area contributed by atoms with Gasteiger partial charge in [0.2, 0.25) is 0 Å². The summed E-state index contributed by atoms with van der Waals surface area (Å²) in [5.41, 5.74) is 3.12. The maximum absolute atomic E-state index is 2.55. The SMILES string of the molecule is CCC(CC)[NH2+]CC[N+]1(C)Cc2ccccc2C1.[I-].[I-]. The zero-order valence-electron chi connectivity index (χ0n) is 12.9. The molecule has 2 N–H and O–H groups in total. The maximum atomic E-state index is 2.55. The number of nitrogens with zero attached hydrogens (tertiary/aromatic N) is 1. The van der Waals surface area contributed by atoms with E-state index in [1.807, 2.05) is 0 Å². The third kappa shape index (κ3) is 5.42. The number of fused-ring (bicyclic) bond motifs is 1. The quantitative estimate of drug-likeness (QED) is 0.301. The highest BCUT2D eigenvalue weighted by Crippen LogP contribution is 2.27. The van der Waals surface area contributed by atoms with Gasteiger partial charge in [0.1, 0.15) is 26.2 Å². The van der Waals surface area contributed by atoms with E-state index < -0.39 is 0 Å². The number of hydrogen-bond acceptors (Lipinski definition) is 0. The number of halogens is 2. The molecule has 2 nitrogen and oxygen atoms in total. The van der Waals surface area contributed by atoms with Gasteiger partial charge in [0.15, 0.2) is 0 Å². The van der Waals surface area contributed by atoms with Gasteiger partial charge in [0.05, 0.1) is 13.1 Å². The molecule has 1 aliphatic heterocycles. The highest BCUT2D eigenvalue weighted by atomic mass is 127. The Morgan fingerprint density at radius 2 is 1.55 bits per heavy atom. The Morgan fingerprint density at radius 3 is 2.00 bits per heavy atom. The van der Waals surface area contributed by atoms with Gasteiger partial charge >= 0.3 is 0 Å². The topological polar surface area (TPSA) is 16.6 Å².